The number of hydrogen-bond acceptors (Lipinski definition) is 3. The van der Waals surface area contributed by atoms with Crippen LogP contribution in [0.15, 0.2) is 17.0 Å². The lowest BCUT2D eigenvalue weighted by atomic mass is 10.1. The number of aryl methyl sites for hydroxylation is 3. The molecule has 1 rings (SSSR count). The predicted molar refractivity (Wildman–Crippen MR) is 81.9 cm³/mol. The molecule has 1 aromatic rings. The molecule has 0 heterocycles. The summed E-state index contributed by atoms with van der Waals surface area (Å²) in [6.45, 7) is 9.03. The van der Waals surface area contributed by atoms with Crippen molar-refractivity contribution in [2.24, 2.45) is 0 Å². The Morgan fingerprint density at radius 1 is 1.24 bits per heavy atom. The van der Waals surface area contributed by atoms with Crippen LogP contribution in [0.1, 0.15) is 37.0 Å². The third kappa shape index (κ3) is 3.83. The molecule has 118 valence electrons. The molecule has 0 aromatic heterocycles. The summed E-state index contributed by atoms with van der Waals surface area (Å²) < 4.78 is 27.0. The Balaban J connectivity index is 3.35. The second-order valence-corrected chi connectivity index (χ2v) is 7.21. The number of hydrogen-bond donors (Lipinski definition) is 1. The molecule has 21 heavy (non-hydrogen) atoms. The number of nitrogens with zero attached hydrogens (tertiary/aromatic N) is 1. The molecule has 0 spiro atoms. The van der Waals surface area contributed by atoms with E-state index in [1.807, 2.05) is 19.1 Å². The minimum absolute atomic E-state index is 0.211. The number of aliphatic carboxylic acids is 1. The van der Waals surface area contributed by atoms with Gasteiger partial charge < -0.3 is 5.11 Å². The lowest BCUT2D eigenvalue weighted by Crippen LogP contribution is -2.40. The Hall–Kier alpha value is -1.40. The molecule has 0 aliphatic heterocycles. The fourth-order valence-corrected chi connectivity index (χ4v) is 4.82. The molecule has 0 fully saturated rings. The number of sulfonamides is 1. The monoisotopic (exact) mass is 313 g/mol. The summed E-state index contributed by atoms with van der Waals surface area (Å²) in [7, 11) is -3.70. The van der Waals surface area contributed by atoms with Crippen molar-refractivity contribution in [3.05, 3.63) is 28.8 Å². The molecule has 5 nitrogen and oxygen atoms in total. The zero-order valence-electron chi connectivity index (χ0n) is 13.2. The first kappa shape index (κ1) is 17.7. The van der Waals surface area contributed by atoms with Crippen LogP contribution in [0.3, 0.4) is 0 Å². The van der Waals surface area contributed by atoms with Gasteiger partial charge in [0.15, 0.2) is 0 Å². The Morgan fingerprint density at radius 3 is 2.10 bits per heavy atom. The van der Waals surface area contributed by atoms with Gasteiger partial charge in [-0.2, -0.15) is 4.31 Å². The standard InChI is InChI=1S/C15H23NO4S/c1-6-16(13(5)9-14(17)18)21(19,20)15-11(3)7-10(2)8-12(15)4/h7-8,13H,6,9H2,1-5H3,(H,17,18). The molecule has 1 N–H and O–H groups in total. The topological polar surface area (TPSA) is 74.7 Å². The van der Waals surface area contributed by atoms with E-state index in [0.29, 0.717) is 11.1 Å². The molecule has 6 heteroatoms. The highest BCUT2D eigenvalue weighted by molar-refractivity contribution is 7.89. The minimum atomic E-state index is -3.70. The third-order valence-electron chi connectivity index (χ3n) is 3.44. The quantitative estimate of drug-likeness (QED) is 0.875. The maximum Gasteiger partial charge on any atom is 0.304 e. The van der Waals surface area contributed by atoms with Crippen molar-refractivity contribution in [1.82, 2.24) is 4.31 Å². The van der Waals surface area contributed by atoms with E-state index in [1.165, 1.54) is 4.31 Å². The average molecular weight is 313 g/mol. The van der Waals surface area contributed by atoms with Crippen molar-refractivity contribution in [2.45, 2.75) is 52.0 Å². The Kier molecular flexibility index (Phi) is 5.53. The predicted octanol–water partition coefficient (Wildman–Crippen LogP) is 2.49. The van der Waals surface area contributed by atoms with Gasteiger partial charge in [-0.3, -0.25) is 4.79 Å². The second kappa shape index (κ2) is 6.58. The van der Waals surface area contributed by atoms with Crippen LogP contribution >= 0.6 is 0 Å². The van der Waals surface area contributed by atoms with Gasteiger partial charge in [-0.25, -0.2) is 8.42 Å². The van der Waals surface area contributed by atoms with Crippen molar-refractivity contribution in [2.75, 3.05) is 6.54 Å². The van der Waals surface area contributed by atoms with E-state index in [4.69, 9.17) is 5.11 Å². The normalized spacial score (nSPS) is 13.4. The van der Waals surface area contributed by atoms with Gasteiger partial charge in [-0.05, 0) is 38.8 Å². The van der Waals surface area contributed by atoms with E-state index in [1.54, 1.807) is 27.7 Å². The number of carbonyl (C=O) groups is 1. The molecule has 0 aliphatic carbocycles. The highest BCUT2D eigenvalue weighted by Gasteiger charge is 2.31. The number of benzene rings is 1. The van der Waals surface area contributed by atoms with Gasteiger partial charge in [0, 0.05) is 12.6 Å². The minimum Gasteiger partial charge on any atom is -0.481 e. The van der Waals surface area contributed by atoms with Crippen LogP contribution in [0.2, 0.25) is 0 Å². The van der Waals surface area contributed by atoms with Gasteiger partial charge >= 0.3 is 5.97 Å². The third-order valence-corrected chi connectivity index (χ3v) is 5.84. The second-order valence-electron chi connectivity index (χ2n) is 5.38. The summed E-state index contributed by atoms with van der Waals surface area (Å²) in [5.74, 6) is -1.01. The number of rotatable bonds is 6. The number of carboxylic acid groups (broad SMARTS) is 1. The van der Waals surface area contributed by atoms with Crippen LogP contribution in [-0.2, 0) is 14.8 Å². The van der Waals surface area contributed by atoms with Crippen LogP contribution in [0.25, 0.3) is 0 Å². The van der Waals surface area contributed by atoms with E-state index < -0.39 is 22.0 Å². The van der Waals surface area contributed by atoms with E-state index in [-0.39, 0.29) is 17.9 Å². The summed E-state index contributed by atoms with van der Waals surface area (Å²) in [6.07, 6.45) is -0.211. The maximum absolute atomic E-state index is 12.9. The largest absolute Gasteiger partial charge is 0.481 e. The van der Waals surface area contributed by atoms with Gasteiger partial charge in [0.1, 0.15) is 0 Å². The Morgan fingerprint density at radius 2 is 1.71 bits per heavy atom. The molecule has 0 amide bonds. The van der Waals surface area contributed by atoms with Gasteiger partial charge in [0.05, 0.1) is 11.3 Å². The highest BCUT2D eigenvalue weighted by atomic mass is 32.2. The number of carboxylic acids is 1. The van der Waals surface area contributed by atoms with Crippen LogP contribution < -0.4 is 0 Å². The zero-order chi connectivity index (χ0) is 16.4. The van der Waals surface area contributed by atoms with Gasteiger partial charge in [0.25, 0.3) is 0 Å². The smallest absolute Gasteiger partial charge is 0.304 e. The zero-order valence-corrected chi connectivity index (χ0v) is 14.0. The molecular weight excluding hydrogens is 290 g/mol. The fourth-order valence-electron chi connectivity index (χ4n) is 2.76. The molecule has 1 aromatic carbocycles. The van der Waals surface area contributed by atoms with Gasteiger partial charge in [-0.15, -0.1) is 0 Å². The highest BCUT2D eigenvalue weighted by Crippen LogP contribution is 2.27. The Labute approximate surface area is 126 Å². The van der Waals surface area contributed by atoms with Crippen molar-refractivity contribution in [3.63, 3.8) is 0 Å². The van der Waals surface area contributed by atoms with E-state index in [0.717, 1.165) is 5.56 Å². The molecule has 1 atom stereocenters. The van der Waals surface area contributed by atoms with E-state index in [9.17, 15) is 13.2 Å². The van der Waals surface area contributed by atoms with Crippen LogP contribution in [-0.4, -0.2) is 36.4 Å². The lowest BCUT2D eigenvalue weighted by Gasteiger charge is -2.27. The van der Waals surface area contributed by atoms with Gasteiger partial charge in [0.2, 0.25) is 10.0 Å². The van der Waals surface area contributed by atoms with Crippen molar-refractivity contribution in [3.8, 4) is 0 Å². The first-order chi connectivity index (χ1) is 9.61. The molecule has 0 aliphatic rings. The average Bonchev–Trinajstić information content (AvgIpc) is 2.25. The summed E-state index contributed by atoms with van der Waals surface area (Å²) in [5.41, 5.74) is 2.38. The molecule has 0 saturated carbocycles. The molecule has 0 saturated heterocycles. The SMILES string of the molecule is CCN(C(C)CC(=O)O)S(=O)(=O)c1c(C)cc(C)cc1C. The first-order valence-electron chi connectivity index (χ1n) is 6.92. The summed E-state index contributed by atoms with van der Waals surface area (Å²) in [4.78, 5) is 11.1. The summed E-state index contributed by atoms with van der Waals surface area (Å²) in [6, 6.07) is 3.07. The van der Waals surface area contributed by atoms with Crippen LogP contribution in [0.4, 0.5) is 0 Å². The molecule has 0 bridgehead atoms. The van der Waals surface area contributed by atoms with Crippen molar-refractivity contribution >= 4 is 16.0 Å². The molecule has 1 unspecified atom stereocenters. The lowest BCUT2D eigenvalue weighted by molar-refractivity contribution is -0.137. The van der Waals surface area contributed by atoms with Crippen LogP contribution in [0.5, 0.6) is 0 Å². The van der Waals surface area contributed by atoms with Crippen molar-refractivity contribution < 1.29 is 18.3 Å². The maximum atomic E-state index is 12.9. The summed E-state index contributed by atoms with van der Waals surface area (Å²) in [5, 5.41) is 8.89. The van der Waals surface area contributed by atoms with E-state index >= 15 is 0 Å². The van der Waals surface area contributed by atoms with Crippen LogP contribution in [0, 0.1) is 20.8 Å². The first-order valence-corrected chi connectivity index (χ1v) is 8.36. The summed E-state index contributed by atoms with van der Waals surface area (Å²) >= 11 is 0. The molecule has 0 radical (unpaired) electrons. The van der Waals surface area contributed by atoms with E-state index in [2.05, 4.69) is 0 Å². The van der Waals surface area contributed by atoms with Crippen molar-refractivity contribution in [1.29, 1.82) is 0 Å². The van der Waals surface area contributed by atoms with Gasteiger partial charge in [-0.1, -0.05) is 24.6 Å². The Bertz CT molecular complexity index is 614. The fraction of sp³-hybridized carbons (Fsp3) is 0.533. The molecular formula is C15H23NO4S.